The molecular formula is C26H26N4OS. The molecule has 5 nitrogen and oxygen atoms in total. The molecule has 3 heterocycles. The highest BCUT2D eigenvalue weighted by atomic mass is 32.1. The summed E-state index contributed by atoms with van der Waals surface area (Å²) < 4.78 is 1.93. The molecule has 162 valence electrons. The number of hydrogen-bond donors (Lipinski definition) is 1. The number of rotatable bonds is 6. The number of benzene rings is 2. The van der Waals surface area contributed by atoms with Crippen LogP contribution in [0, 0.1) is 0 Å². The summed E-state index contributed by atoms with van der Waals surface area (Å²) in [4.78, 5) is 16.5. The summed E-state index contributed by atoms with van der Waals surface area (Å²) in [6.07, 6.45) is 4.75. The lowest BCUT2D eigenvalue weighted by Crippen LogP contribution is -2.54. The molecule has 2 aromatic carbocycles. The highest BCUT2D eigenvalue weighted by Crippen LogP contribution is 2.30. The van der Waals surface area contributed by atoms with E-state index >= 15 is 0 Å². The quantitative estimate of drug-likeness (QED) is 0.484. The van der Waals surface area contributed by atoms with Crippen molar-refractivity contribution in [1.82, 2.24) is 20.0 Å². The van der Waals surface area contributed by atoms with Crippen molar-refractivity contribution in [3.8, 4) is 11.1 Å². The van der Waals surface area contributed by atoms with Gasteiger partial charge in [0.25, 0.3) is 5.91 Å². The Kier molecular flexibility index (Phi) is 6.14. The van der Waals surface area contributed by atoms with Gasteiger partial charge in [0.2, 0.25) is 0 Å². The van der Waals surface area contributed by atoms with E-state index in [1.165, 1.54) is 22.5 Å². The van der Waals surface area contributed by atoms with Gasteiger partial charge >= 0.3 is 0 Å². The molecule has 1 aliphatic heterocycles. The third-order valence-corrected chi connectivity index (χ3v) is 6.82. The van der Waals surface area contributed by atoms with E-state index in [9.17, 15) is 4.79 Å². The molecule has 4 aromatic rings. The second-order valence-corrected chi connectivity index (χ2v) is 9.04. The van der Waals surface area contributed by atoms with Crippen LogP contribution in [0.15, 0.2) is 84.5 Å². The molecule has 0 bridgehead atoms. The molecule has 1 aliphatic rings. The predicted molar refractivity (Wildman–Crippen MR) is 129 cm³/mol. The molecule has 1 amide bonds. The van der Waals surface area contributed by atoms with Gasteiger partial charge in [0.1, 0.15) is 0 Å². The summed E-state index contributed by atoms with van der Waals surface area (Å²) in [6.45, 7) is 3.08. The first-order valence-corrected chi connectivity index (χ1v) is 11.9. The standard InChI is InChI=1S/C26H26N4OS/c31-26(30-13-12-27-17-23(30)15-20-7-3-1-4-8-20)25-24(11-14-32-25)22-16-28-29(19-22)18-21-9-5-2-6-10-21/h1-11,14,16,19,23,27H,12-13,15,17-18H2. The molecule has 1 fully saturated rings. The highest BCUT2D eigenvalue weighted by molar-refractivity contribution is 7.12. The molecule has 6 heteroatoms. The molecule has 5 rings (SSSR count). The predicted octanol–water partition coefficient (Wildman–Crippen LogP) is 4.32. The molecular weight excluding hydrogens is 416 g/mol. The van der Waals surface area contributed by atoms with Crippen LogP contribution < -0.4 is 5.32 Å². The fraction of sp³-hybridized carbons (Fsp3) is 0.231. The lowest BCUT2D eigenvalue weighted by Gasteiger charge is -2.36. The fourth-order valence-electron chi connectivity index (χ4n) is 4.29. The molecule has 0 aliphatic carbocycles. The largest absolute Gasteiger partial charge is 0.332 e. The van der Waals surface area contributed by atoms with Crippen LogP contribution in [0.25, 0.3) is 11.1 Å². The van der Waals surface area contributed by atoms with Crippen molar-refractivity contribution >= 4 is 17.2 Å². The number of hydrogen-bond acceptors (Lipinski definition) is 4. The van der Waals surface area contributed by atoms with E-state index in [1.807, 2.05) is 57.7 Å². The Morgan fingerprint density at radius 1 is 1.03 bits per heavy atom. The molecule has 1 N–H and O–H groups in total. The zero-order valence-electron chi connectivity index (χ0n) is 17.9. The van der Waals surface area contributed by atoms with Crippen LogP contribution in [0.1, 0.15) is 20.8 Å². The Bertz CT molecular complexity index is 1170. The van der Waals surface area contributed by atoms with Gasteiger partial charge in [-0.25, -0.2) is 0 Å². The second kappa shape index (κ2) is 9.51. The molecule has 1 atom stereocenters. The van der Waals surface area contributed by atoms with Gasteiger partial charge in [-0.1, -0.05) is 60.7 Å². The zero-order valence-corrected chi connectivity index (χ0v) is 18.7. The van der Waals surface area contributed by atoms with Crippen molar-refractivity contribution in [3.63, 3.8) is 0 Å². The van der Waals surface area contributed by atoms with Gasteiger partial charge in [0.05, 0.1) is 17.6 Å². The maximum Gasteiger partial charge on any atom is 0.264 e. The molecule has 0 radical (unpaired) electrons. The second-order valence-electron chi connectivity index (χ2n) is 8.12. The minimum absolute atomic E-state index is 0.119. The van der Waals surface area contributed by atoms with Gasteiger partial charge in [-0.05, 0) is 29.0 Å². The maximum absolute atomic E-state index is 13.6. The van der Waals surface area contributed by atoms with Crippen LogP contribution in [0.5, 0.6) is 0 Å². The first kappa shape index (κ1) is 20.7. The van der Waals surface area contributed by atoms with E-state index in [0.29, 0.717) is 6.54 Å². The highest BCUT2D eigenvalue weighted by Gasteiger charge is 2.30. The van der Waals surface area contributed by atoms with Crippen LogP contribution in [-0.2, 0) is 13.0 Å². The number of aromatic nitrogens is 2. The summed E-state index contributed by atoms with van der Waals surface area (Å²) >= 11 is 1.52. The number of thiophene rings is 1. The molecule has 1 unspecified atom stereocenters. The van der Waals surface area contributed by atoms with E-state index in [-0.39, 0.29) is 11.9 Å². The average Bonchev–Trinajstić information content (AvgIpc) is 3.50. The summed E-state index contributed by atoms with van der Waals surface area (Å²) in [6, 6.07) is 22.9. The number of carbonyl (C=O) groups is 1. The van der Waals surface area contributed by atoms with Crippen molar-refractivity contribution < 1.29 is 4.79 Å². The fourth-order valence-corrected chi connectivity index (χ4v) is 5.16. The SMILES string of the molecule is O=C(c1sccc1-c1cnn(Cc2ccccc2)c1)N1CCNCC1Cc1ccccc1. The van der Waals surface area contributed by atoms with Gasteiger partial charge in [-0.15, -0.1) is 11.3 Å². The lowest BCUT2D eigenvalue weighted by molar-refractivity contribution is 0.0642. The molecule has 1 saturated heterocycles. The summed E-state index contributed by atoms with van der Waals surface area (Å²) in [5.74, 6) is 0.119. The Morgan fingerprint density at radius 3 is 2.56 bits per heavy atom. The molecule has 0 spiro atoms. The Morgan fingerprint density at radius 2 is 1.78 bits per heavy atom. The Labute approximate surface area is 192 Å². The molecule has 2 aromatic heterocycles. The smallest absolute Gasteiger partial charge is 0.264 e. The van der Waals surface area contributed by atoms with Crippen LogP contribution in [0.2, 0.25) is 0 Å². The van der Waals surface area contributed by atoms with Crippen LogP contribution in [-0.4, -0.2) is 46.3 Å². The summed E-state index contributed by atoms with van der Waals surface area (Å²) in [7, 11) is 0. The van der Waals surface area contributed by atoms with Gasteiger partial charge < -0.3 is 10.2 Å². The average molecular weight is 443 g/mol. The Balaban J connectivity index is 1.36. The monoisotopic (exact) mass is 442 g/mol. The van der Waals surface area contributed by atoms with E-state index in [1.54, 1.807) is 0 Å². The number of amides is 1. The topological polar surface area (TPSA) is 50.2 Å². The normalized spacial score (nSPS) is 16.2. The molecule has 32 heavy (non-hydrogen) atoms. The van der Waals surface area contributed by atoms with Crippen LogP contribution >= 0.6 is 11.3 Å². The molecule has 0 saturated carbocycles. The van der Waals surface area contributed by atoms with Crippen molar-refractivity contribution in [2.45, 2.75) is 19.0 Å². The van der Waals surface area contributed by atoms with Crippen LogP contribution in [0.4, 0.5) is 0 Å². The van der Waals surface area contributed by atoms with Crippen molar-refractivity contribution in [2.24, 2.45) is 0 Å². The number of piperazine rings is 1. The van der Waals surface area contributed by atoms with E-state index in [0.717, 1.165) is 42.1 Å². The summed E-state index contributed by atoms with van der Waals surface area (Å²) in [5.41, 5.74) is 4.41. The Hall–Kier alpha value is -3.22. The van der Waals surface area contributed by atoms with Gasteiger partial charge in [-0.2, -0.15) is 5.10 Å². The van der Waals surface area contributed by atoms with Gasteiger partial charge in [0, 0.05) is 43.0 Å². The first-order valence-electron chi connectivity index (χ1n) is 11.0. The number of carbonyl (C=O) groups excluding carboxylic acids is 1. The minimum Gasteiger partial charge on any atom is -0.332 e. The zero-order chi connectivity index (χ0) is 21.8. The van der Waals surface area contributed by atoms with E-state index < -0.39 is 0 Å². The van der Waals surface area contributed by atoms with Crippen molar-refractivity contribution in [3.05, 3.63) is 101 Å². The van der Waals surface area contributed by atoms with Crippen molar-refractivity contribution in [2.75, 3.05) is 19.6 Å². The maximum atomic E-state index is 13.6. The number of nitrogens with zero attached hydrogens (tertiary/aromatic N) is 3. The first-order chi connectivity index (χ1) is 15.8. The third kappa shape index (κ3) is 4.52. The summed E-state index contributed by atoms with van der Waals surface area (Å²) in [5, 5.41) is 10.00. The number of nitrogens with one attached hydrogen (secondary N) is 1. The van der Waals surface area contributed by atoms with Gasteiger partial charge in [-0.3, -0.25) is 9.48 Å². The third-order valence-electron chi connectivity index (χ3n) is 5.92. The minimum atomic E-state index is 0.119. The lowest BCUT2D eigenvalue weighted by atomic mass is 10.0. The van der Waals surface area contributed by atoms with Crippen molar-refractivity contribution in [1.29, 1.82) is 0 Å². The van der Waals surface area contributed by atoms with Crippen LogP contribution in [0.3, 0.4) is 0 Å². The van der Waals surface area contributed by atoms with E-state index in [2.05, 4.69) is 46.8 Å². The van der Waals surface area contributed by atoms with Gasteiger partial charge in [0.15, 0.2) is 0 Å². The van der Waals surface area contributed by atoms with E-state index in [4.69, 9.17) is 0 Å².